The molecular formula is C15H21ClN2O3. The van der Waals surface area contributed by atoms with E-state index < -0.39 is 0 Å². The molecule has 0 unspecified atom stereocenters. The molecule has 2 rings (SSSR count). The molecule has 1 atom stereocenters. The Morgan fingerprint density at radius 1 is 1.48 bits per heavy atom. The smallest absolute Gasteiger partial charge is 0.241 e. The first-order valence-electron chi connectivity index (χ1n) is 7.04. The predicted octanol–water partition coefficient (Wildman–Crippen LogP) is 2.40. The second-order valence-corrected chi connectivity index (χ2v) is 5.52. The molecule has 1 saturated heterocycles. The molecule has 0 saturated carbocycles. The summed E-state index contributed by atoms with van der Waals surface area (Å²) >= 11 is 6.15. The van der Waals surface area contributed by atoms with Crippen LogP contribution in [0.5, 0.6) is 5.75 Å². The third-order valence-corrected chi connectivity index (χ3v) is 3.86. The van der Waals surface area contributed by atoms with E-state index in [1.165, 1.54) is 0 Å². The van der Waals surface area contributed by atoms with Gasteiger partial charge in [-0.15, -0.1) is 0 Å². The van der Waals surface area contributed by atoms with Gasteiger partial charge in [0.2, 0.25) is 5.91 Å². The number of amides is 1. The number of anilines is 1. The standard InChI is InChI=1S/C15H21ClN2O3/c1-18-7-3-4-13(18)15(19)17-11-5-6-14(12(16)10-11)21-9-8-20-2/h5-6,10,13H,3-4,7-9H2,1-2H3,(H,17,19)/t13-/m1/s1. The first-order valence-corrected chi connectivity index (χ1v) is 7.42. The molecular weight excluding hydrogens is 292 g/mol. The third-order valence-electron chi connectivity index (χ3n) is 3.57. The normalized spacial score (nSPS) is 18.7. The van der Waals surface area contributed by atoms with Crippen LogP contribution in [-0.4, -0.2) is 50.8 Å². The fourth-order valence-electron chi connectivity index (χ4n) is 2.40. The fraction of sp³-hybridized carbons (Fsp3) is 0.533. The Hall–Kier alpha value is -1.30. The SMILES string of the molecule is COCCOc1ccc(NC(=O)[C@H]2CCCN2C)cc1Cl. The van der Waals surface area contributed by atoms with E-state index in [1.54, 1.807) is 25.3 Å². The molecule has 0 bridgehead atoms. The van der Waals surface area contributed by atoms with Crippen molar-refractivity contribution in [2.24, 2.45) is 0 Å². The van der Waals surface area contributed by atoms with Gasteiger partial charge in [0.25, 0.3) is 0 Å². The fourth-order valence-corrected chi connectivity index (χ4v) is 2.63. The lowest BCUT2D eigenvalue weighted by Gasteiger charge is -2.19. The van der Waals surface area contributed by atoms with Crippen molar-refractivity contribution in [3.8, 4) is 5.75 Å². The first-order chi connectivity index (χ1) is 10.1. The molecule has 0 spiro atoms. The number of hydrogen-bond donors (Lipinski definition) is 1. The number of likely N-dealkylation sites (N-methyl/N-ethyl adjacent to an activating group) is 1. The van der Waals surface area contributed by atoms with Crippen molar-refractivity contribution in [2.45, 2.75) is 18.9 Å². The number of benzene rings is 1. The third kappa shape index (κ3) is 4.33. The van der Waals surface area contributed by atoms with Crippen LogP contribution in [0.25, 0.3) is 0 Å². The Labute approximate surface area is 130 Å². The van der Waals surface area contributed by atoms with Crippen molar-refractivity contribution in [3.63, 3.8) is 0 Å². The number of nitrogens with one attached hydrogen (secondary N) is 1. The van der Waals surface area contributed by atoms with Crippen molar-refractivity contribution in [1.29, 1.82) is 0 Å². The maximum atomic E-state index is 12.2. The van der Waals surface area contributed by atoms with Gasteiger partial charge in [0.1, 0.15) is 12.4 Å². The van der Waals surface area contributed by atoms with Crippen molar-refractivity contribution in [3.05, 3.63) is 23.2 Å². The summed E-state index contributed by atoms with van der Waals surface area (Å²) in [6.45, 7) is 1.91. The Morgan fingerprint density at radius 2 is 2.29 bits per heavy atom. The molecule has 1 aliphatic rings. The molecule has 1 aliphatic heterocycles. The highest BCUT2D eigenvalue weighted by molar-refractivity contribution is 6.32. The van der Waals surface area contributed by atoms with Gasteiger partial charge < -0.3 is 14.8 Å². The van der Waals surface area contributed by atoms with Crippen molar-refractivity contribution < 1.29 is 14.3 Å². The largest absolute Gasteiger partial charge is 0.490 e. The zero-order valence-corrected chi connectivity index (χ0v) is 13.2. The van der Waals surface area contributed by atoms with E-state index in [0.717, 1.165) is 19.4 Å². The predicted molar refractivity (Wildman–Crippen MR) is 83.1 cm³/mol. The van der Waals surface area contributed by atoms with Gasteiger partial charge in [-0.1, -0.05) is 11.6 Å². The van der Waals surface area contributed by atoms with E-state index in [2.05, 4.69) is 10.2 Å². The highest BCUT2D eigenvalue weighted by Gasteiger charge is 2.27. The molecule has 21 heavy (non-hydrogen) atoms. The molecule has 0 aliphatic carbocycles. The van der Waals surface area contributed by atoms with E-state index in [0.29, 0.717) is 29.7 Å². The van der Waals surface area contributed by atoms with Gasteiger partial charge in [0.15, 0.2) is 0 Å². The second-order valence-electron chi connectivity index (χ2n) is 5.11. The maximum Gasteiger partial charge on any atom is 0.241 e. The summed E-state index contributed by atoms with van der Waals surface area (Å²) in [5.41, 5.74) is 0.685. The van der Waals surface area contributed by atoms with Gasteiger partial charge >= 0.3 is 0 Å². The zero-order valence-electron chi connectivity index (χ0n) is 12.4. The molecule has 1 aromatic carbocycles. The van der Waals surface area contributed by atoms with E-state index in [4.69, 9.17) is 21.1 Å². The van der Waals surface area contributed by atoms with Crippen LogP contribution in [0.3, 0.4) is 0 Å². The van der Waals surface area contributed by atoms with Crippen LogP contribution in [0, 0.1) is 0 Å². The highest BCUT2D eigenvalue weighted by Crippen LogP contribution is 2.28. The summed E-state index contributed by atoms with van der Waals surface area (Å²) in [5, 5.41) is 3.38. The van der Waals surface area contributed by atoms with Gasteiger partial charge in [-0.05, 0) is 44.6 Å². The molecule has 0 aromatic heterocycles. The van der Waals surface area contributed by atoms with Gasteiger partial charge in [-0.3, -0.25) is 9.69 Å². The number of nitrogens with zero attached hydrogens (tertiary/aromatic N) is 1. The Morgan fingerprint density at radius 3 is 2.90 bits per heavy atom. The average Bonchev–Trinajstić information content (AvgIpc) is 2.88. The minimum atomic E-state index is -0.0543. The monoisotopic (exact) mass is 312 g/mol. The summed E-state index contributed by atoms with van der Waals surface area (Å²) in [6.07, 6.45) is 1.95. The van der Waals surface area contributed by atoms with Crippen LogP contribution in [0.4, 0.5) is 5.69 Å². The molecule has 1 N–H and O–H groups in total. The van der Waals surface area contributed by atoms with Crippen molar-refractivity contribution in [2.75, 3.05) is 39.2 Å². The number of halogens is 1. The molecule has 5 nitrogen and oxygen atoms in total. The molecule has 1 amide bonds. The Balaban J connectivity index is 1.94. The molecule has 1 aromatic rings. The topological polar surface area (TPSA) is 50.8 Å². The summed E-state index contributed by atoms with van der Waals surface area (Å²) in [4.78, 5) is 14.3. The summed E-state index contributed by atoms with van der Waals surface area (Å²) in [6, 6.07) is 5.20. The van der Waals surface area contributed by atoms with E-state index >= 15 is 0 Å². The number of likely N-dealkylation sites (tertiary alicyclic amines) is 1. The molecule has 0 radical (unpaired) electrons. The van der Waals surface area contributed by atoms with Crippen LogP contribution < -0.4 is 10.1 Å². The number of rotatable bonds is 6. The average molecular weight is 313 g/mol. The van der Waals surface area contributed by atoms with Crippen molar-refractivity contribution >= 4 is 23.2 Å². The quantitative estimate of drug-likeness (QED) is 0.820. The van der Waals surface area contributed by atoms with Crippen LogP contribution >= 0.6 is 11.6 Å². The molecule has 1 fully saturated rings. The summed E-state index contributed by atoms with van der Waals surface area (Å²) < 4.78 is 10.4. The van der Waals surface area contributed by atoms with Crippen LogP contribution in [0.2, 0.25) is 5.02 Å². The number of carbonyl (C=O) groups excluding carboxylic acids is 1. The number of ether oxygens (including phenoxy) is 2. The number of methoxy groups -OCH3 is 1. The lowest BCUT2D eigenvalue weighted by atomic mass is 10.2. The molecule has 1 heterocycles. The molecule has 6 heteroatoms. The maximum absolute atomic E-state index is 12.2. The van der Waals surface area contributed by atoms with Crippen LogP contribution in [0.15, 0.2) is 18.2 Å². The van der Waals surface area contributed by atoms with Crippen molar-refractivity contribution in [1.82, 2.24) is 4.90 Å². The highest BCUT2D eigenvalue weighted by atomic mass is 35.5. The van der Waals surface area contributed by atoms with Gasteiger partial charge in [0.05, 0.1) is 17.7 Å². The van der Waals surface area contributed by atoms with Gasteiger partial charge in [0, 0.05) is 12.8 Å². The first kappa shape index (κ1) is 16.1. The number of hydrogen-bond acceptors (Lipinski definition) is 4. The summed E-state index contributed by atoms with van der Waals surface area (Å²) in [7, 11) is 3.58. The Bertz CT molecular complexity index is 496. The Kier molecular flexibility index (Phi) is 5.85. The lowest BCUT2D eigenvalue weighted by molar-refractivity contribution is -0.119. The van der Waals surface area contributed by atoms with E-state index in [9.17, 15) is 4.79 Å². The minimum absolute atomic E-state index is 0.0131. The molecule has 116 valence electrons. The zero-order chi connectivity index (χ0) is 15.2. The van der Waals surface area contributed by atoms with E-state index in [1.807, 2.05) is 7.05 Å². The number of carbonyl (C=O) groups is 1. The lowest BCUT2D eigenvalue weighted by Crippen LogP contribution is -2.37. The van der Waals surface area contributed by atoms with Crippen LogP contribution in [-0.2, 0) is 9.53 Å². The van der Waals surface area contributed by atoms with Crippen LogP contribution in [0.1, 0.15) is 12.8 Å². The second kappa shape index (κ2) is 7.64. The minimum Gasteiger partial charge on any atom is -0.490 e. The van der Waals surface area contributed by atoms with Gasteiger partial charge in [-0.2, -0.15) is 0 Å². The van der Waals surface area contributed by atoms with E-state index in [-0.39, 0.29) is 11.9 Å². The van der Waals surface area contributed by atoms with Gasteiger partial charge in [-0.25, -0.2) is 0 Å². The summed E-state index contributed by atoms with van der Waals surface area (Å²) in [5.74, 6) is 0.601.